The SMILES string of the molecule is COc1ccc(-c2cc3c(cn2)n(C(=O)C2CC2)c(=O)n3-c2cc(OC)c(OC)c(OC)c2)cc1OCc1ccccc1. The van der Waals surface area contributed by atoms with Gasteiger partial charge in [0.1, 0.15) is 6.61 Å². The van der Waals surface area contributed by atoms with Gasteiger partial charge >= 0.3 is 5.69 Å². The van der Waals surface area contributed by atoms with Gasteiger partial charge in [0.15, 0.2) is 23.0 Å². The van der Waals surface area contributed by atoms with Gasteiger partial charge in [-0.3, -0.25) is 14.3 Å². The summed E-state index contributed by atoms with van der Waals surface area (Å²) < 4.78 is 30.9. The van der Waals surface area contributed by atoms with Gasteiger partial charge in [-0.2, -0.15) is 0 Å². The van der Waals surface area contributed by atoms with Crippen LogP contribution in [-0.2, 0) is 6.61 Å². The Balaban J connectivity index is 1.50. The number of pyridine rings is 1. The lowest BCUT2D eigenvalue weighted by Crippen LogP contribution is -2.29. The van der Waals surface area contributed by atoms with Crippen LogP contribution in [0.15, 0.2) is 77.7 Å². The first-order valence-electron chi connectivity index (χ1n) is 13.8. The van der Waals surface area contributed by atoms with Gasteiger partial charge < -0.3 is 23.7 Å². The van der Waals surface area contributed by atoms with Crippen molar-refractivity contribution in [1.82, 2.24) is 14.1 Å². The Morgan fingerprint density at radius 3 is 2.14 bits per heavy atom. The fourth-order valence-corrected chi connectivity index (χ4v) is 5.11. The van der Waals surface area contributed by atoms with Crippen LogP contribution < -0.4 is 29.4 Å². The van der Waals surface area contributed by atoms with E-state index in [1.807, 2.05) is 48.5 Å². The molecule has 220 valence electrons. The summed E-state index contributed by atoms with van der Waals surface area (Å²) in [6, 6.07) is 20.5. The lowest BCUT2D eigenvalue weighted by Gasteiger charge is -2.15. The lowest BCUT2D eigenvalue weighted by molar-refractivity contribution is 0.0886. The van der Waals surface area contributed by atoms with E-state index in [0.717, 1.165) is 24.0 Å². The molecular formula is C33H31N3O7. The molecule has 0 atom stereocenters. The van der Waals surface area contributed by atoms with Crippen LogP contribution in [0.25, 0.3) is 28.0 Å². The van der Waals surface area contributed by atoms with Crippen molar-refractivity contribution in [3.63, 3.8) is 0 Å². The monoisotopic (exact) mass is 581 g/mol. The smallest absolute Gasteiger partial charge is 0.340 e. The molecule has 1 aliphatic rings. The van der Waals surface area contributed by atoms with Crippen LogP contribution >= 0.6 is 0 Å². The van der Waals surface area contributed by atoms with E-state index < -0.39 is 5.69 Å². The molecule has 0 bridgehead atoms. The predicted molar refractivity (Wildman–Crippen MR) is 161 cm³/mol. The summed E-state index contributed by atoms with van der Waals surface area (Å²) >= 11 is 0. The zero-order chi connectivity index (χ0) is 30.1. The first kappa shape index (κ1) is 27.9. The highest BCUT2D eigenvalue weighted by molar-refractivity contribution is 5.94. The van der Waals surface area contributed by atoms with Gasteiger partial charge in [-0.25, -0.2) is 9.36 Å². The molecule has 0 unspecified atom stereocenters. The van der Waals surface area contributed by atoms with Crippen molar-refractivity contribution in [2.45, 2.75) is 19.4 Å². The summed E-state index contributed by atoms with van der Waals surface area (Å²) in [4.78, 5) is 31.9. The first-order valence-corrected chi connectivity index (χ1v) is 13.8. The van der Waals surface area contributed by atoms with E-state index in [0.29, 0.717) is 57.8 Å². The number of carbonyl (C=O) groups is 1. The third-order valence-electron chi connectivity index (χ3n) is 7.48. The van der Waals surface area contributed by atoms with Crippen molar-refractivity contribution in [1.29, 1.82) is 0 Å². The Morgan fingerprint density at radius 2 is 1.51 bits per heavy atom. The van der Waals surface area contributed by atoms with Crippen LogP contribution in [-0.4, -0.2) is 48.5 Å². The normalized spacial score (nSPS) is 12.7. The number of benzene rings is 3. The fourth-order valence-electron chi connectivity index (χ4n) is 5.11. The number of aromatic nitrogens is 3. The molecule has 1 fully saturated rings. The number of ether oxygens (including phenoxy) is 5. The first-order chi connectivity index (χ1) is 21.0. The summed E-state index contributed by atoms with van der Waals surface area (Å²) in [5, 5.41) is 0. The number of nitrogens with zero attached hydrogens (tertiary/aromatic N) is 3. The number of rotatable bonds is 10. The topological polar surface area (TPSA) is 103 Å². The standard InChI is InChI=1S/C33H31N3O7/c1-39-27-13-12-22(14-28(27)43-19-20-8-6-5-7-9-20)24-17-25-26(18-34-24)36(32(37)21-10-11-21)33(38)35(25)23-15-29(40-2)31(42-4)30(16-23)41-3/h5-9,12-18,21H,10-11,19H2,1-4H3. The second-order valence-corrected chi connectivity index (χ2v) is 10.1. The average molecular weight is 582 g/mol. The predicted octanol–water partition coefficient (Wildman–Crippen LogP) is 5.52. The van der Waals surface area contributed by atoms with Gasteiger partial charge in [0, 0.05) is 23.6 Å². The Morgan fingerprint density at radius 1 is 0.814 bits per heavy atom. The summed E-state index contributed by atoms with van der Waals surface area (Å²) in [5.41, 5.74) is 3.21. The van der Waals surface area contributed by atoms with Crippen LogP contribution in [0.2, 0.25) is 0 Å². The average Bonchev–Trinajstić information content (AvgIpc) is 3.86. The zero-order valence-electron chi connectivity index (χ0n) is 24.3. The molecule has 10 nitrogen and oxygen atoms in total. The largest absolute Gasteiger partial charge is 0.493 e. The van der Waals surface area contributed by atoms with Crippen LogP contribution in [0.4, 0.5) is 0 Å². The van der Waals surface area contributed by atoms with Crippen molar-refractivity contribution in [2.24, 2.45) is 5.92 Å². The third-order valence-corrected chi connectivity index (χ3v) is 7.48. The number of imidazole rings is 1. The molecule has 0 radical (unpaired) electrons. The van der Waals surface area contributed by atoms with Crippen LogP contribution in [0.3, 0.4) is 0 Å². The highest BCUT2D eigenvalue weighted by atomic mass is 16.5. The fraction of sp³-hybridized carbons (Fsp3) is 0.242. The van der Waals surface area contributed by atoms with Crippen LogP contribution in [0.5, 0.6) is 28.7 Å². The molecule has 0 amide bonds. The van der Waals surface area contributed by atoms with Gasteiger partial charge in [0.05, 0.1) is 57.1 Å². The molecule has 6 rings (SSSR count). The van der Waals surface area contributed by atoms with Crippen molar-refractivity contribution in [2.75, 3.05) is 28.4 Å². The highest BCUT2D eigenvalue weighted by Gasteiger charge is 2.34. The van der Waals surface area contributed by atoms with Gasteiger partial charge in [-0.05, 0) is 42.7 Å². The quantitative estimate of drug-likeness (QED) is 0.213. The summed E-state index contributed by atoms with van der Waals surface area (Å²) in [5.74, 6) is 1.86. The maximum absolute atomic E-state index is 13.9. The van der Waals surface area contributed by atoms with Crippen molar-refractivity contribution >= 4 is 16.9 Å². The van der Waals surface area contributed by atoms with E-state index in [2.05, 4.69) is 4.98 Å². The van der Waals surface area contributed by atoms with E-state index in [4.69, 9.17) is 23.7 Å². The van der Waals surface area contributed by atoms with E-state index >= 15 is 0 Å². The zero-order valence-corrected chi connectivity index (χ0v) is 24.3. The number of hydrogen-bond donors (Lipinski definition) is 0. The van der Waals surface area contributed by atoms with Gasteiger partial charge in [0.25, 0.3) is 0 Å². The maximum Gasteiger partial charge on any atom is 0.340 e. The molecule has 1 saturated carbocycles. The molecule has 3 aromatic carbocycles. The van der Waals surface area contributed by atoms with E-state index in [9.17, 15) is 9.59 Å². The van der Waals surface area contributed by atoms with Crippen LogP contribution in [0.1, 0.15) is 23.2 Å². The van der Waals surface area contributed by atoms with E-state index in [1.54, 1.807) is 31.5 Å². The Bertz CT molecular complexity index is 1850. The minimum absolute atomic E-state index is 0.178. The van der Waals surface area contributed by atoms with Crippen molar-refractivity contribution in [3.05, 3.63) is 89.0 Å². The summed E-state index contributed by atoms with van der Waals surface area (Å²) in [7, 11) is 6.11. The molecule has 1 aliphatic carbocycles. The summed E-state index contributed by atoms with van der Waals surface area (Å²) in [6.07, 6.45) is 3.08. The molecule has 10 heteroatoms. The maximum atomic E-state index is 13.9. The molecule has 43 heavy (non-hydrogen) atoms. The molecular weight excluding hydrogens is 550 g/mol. The molecule has 5 aromatic rings. The Labute approximate surface area is 248 Å². The molecule has 0 aliphatic heterocycles. The minimum Gasteiger partial charge on any atom is -0.493 e. The molecule has 0 spiro atoms. The Hall–Kier alpha value is -5.25. The molecule has 2 heterocycles. The molecule has 0 N–H and O–H groups in total. The number of hydrogen-bond acceptors (Lipinski definition) is 8. The van der Waals surface area contributed by atoms with E-state index in [-0.39, 0.29) is 11.8 Å². The molecule has 0 saturated heterocycles. The summed E-state index contributed by atoms with van der Waals surface area (Å²) in [6.45, 7) is 0.361. The second kappa shape index (κ2) is 11.6. The second-order valence-electron chi connectivity index (χ2n) is 10.1. The van der Waals surface area contributed by atoms with Crippen LogP contribution in [0, 0.1) is 5.92 Å². The number of carbonyl (C=O) groups excluding carboxylic acids is 1. The highest BCUT2D eigenvalue weighted by Crippen LogP contribution is 2.40. The van der Waals surface area contributed by atoms with Gasteiger partial charge in [-0.15, -0.1) is 0 Å². The van der Waals surface area contributed by atoms with Crippen molar-refractivity contribution < 1.29 is 28.5 Å². The minimum atomic E-state index is -0.498. The van der Waals surface area contributed by atoms with Gasteiger partial charge in [0.2, 0.25) is 11.7 Å². The van der Waals surface area contributed by atoms with Gasteiger partial charge in [-0.1, -0.05) is 30.3 Å². The third kappa shape index (κ3) is 5.16. The number of methoxy groups -OCH3 is 4. The van der Waals surface area contributed by atoms with E-state index in [1.165, 1.54) is 30.5 Å². The lowest BCUT2D eigenvalue weighted by atomic mass is 10.1. The molecule has 2 aromatic heterocycles. The van der Waals surface area contributed by atoms with Crippen molar-refractivity contribution in [3.8, 4) is 45.7 Å². The Kier molecular flexibility index (Phi) is 7.50. The number of fused-ring (bicyclic) bond motifs is 1.